The molecule has 3 aromatic heterocycles. The van der Waals surface area contributed by atoms with Crippen molar-refractivity contribution in [1.82, 2.24) is 20.0 Å². The first kappa shape index (κ1) is 19.0. The van der Waals surface area contributed by atoms with E-state index in [1.165, 1.54) is 10.6 Å². The van der Waals surface area contributed by atoms with Gasteiger partial charge in [0.05, 0.1) is 12.2 Å². The number of nitrogens with one attached hydrogen (secondary N) is 1. The first-order chi connectivity index (χ1) is 13.1. The molecular formula is C18H20N4O4S. The average Bonchev–Trinajstić information content (AvgIpc) is 3.35. The molecule has 0 aliphatic carbocycles. The van der Waals surface area contributed by atoms with Gasteiger partial charge in [-0.1, -0.05) is 12.1 Å². The van der Waals surface area contributed by atoms with Crippen LogP contribution in [0.5, 0.6) is 0 Å². The lowest BCUT2D eigenvalue weighted by molar-refractivity contribution is -0.124. The Morgan fingerprint density at radius 3 is 2.93 bits per heavy atom. The highest BCUT2D eigenvalue weighted by Crippen LogP contribution is 2.23. The van der Waals surface area contributed by atoms with Crippen LogP contribution in [0.1, 0.15) is 19.4 Å². The lowest BCUT2D eigenvalue weighted by atomic mass is 10.2. The Morgan fingerprint density at radius 1 is 1.37 bits per heavy atom. The fourth-order valence-electron chi connectivity index (χ4n) is 2.63. The molecule has 1 amide bonds. The van der Waals surface area contributed by atoms with Gasteiger partial charge in [-0.15, -0.1) is 0 Å². The zero-order valence-electron chi connectivity index (χ0n) is 15.0. The molecule has 0 spiro atoms. The normalized spacial score (nSPS) is 12.1. The van der Waals surface area contributed by atoms with E-state index in [-0.39, 0.29) is 11.5 Å². The van der Waals surface area contributed by atoms with Gasteiger partial charge in [0.1, 0.15) is 6.04 Å². The molecule has 0 saturated carbocycles. The third-order valence-electron chi connectivity index (χ3n) is 4.02. The highest BCUT2D eigenvalue weighted by Gasteiger charge is 2.20. The molecule has 142 valence electrons. The van der Waals surface area contributed by atoms with E-state index in [2.05, 4.69) is 15.5 Å². The summed E-state index contributed by atoms with van der Waals surface area (Å²) in [6.07, 6.45) is 2.05. The summed E-state index contributed by atoms with van der Waals surface area (Å²) in [5, 5.41) is 10.6. The van der Waals surface area contributed by atoms with Gasteiger partial charge in [0.25, 0.3) is 11.4 Å². The van der Waals surface area contributed by atoms with Crippen molar-refractivity contribution in [2.75, 3.05) is 20.3 Å². The Kier molecular flexibility index (Phi) is 6.15. The molecule has 1 N–H and O–H groups in total. The quantitative estimate of drug-likeness (QED) is 0.595. The van der Waals surface area contributed by atoms with E-state index >= 15 is 0 Å². The summed E-state index contributed by atoms with van der Waals surface area (Å²) >= 11 is 1.54. The molecule has 9 heteroatoms. The second-order valence-corrected chi connectivity index (χ2v) is 6.59. The molecule has 0 radical (unpaired) electrons. The van der Waals surface area contributed by atoms with Crippen molar-refractivity contribution in [3.05, 3.63) is 45.5 Å². The molecule has 3 heterocycles. The van der Waals surface area contributed by atoms with Crippen molar-refractivity contribution in [2.45, 2.75) is 19.4 Å². The summed E-state index contributed by atoms with van der Waals surface area (Å²) < 4.78 is 11.7. The van der Waals surface area contributed by atoms with Gasteiger partial charge >= 0.3 is 0 Å². The number of carbonyl (C=O) groups excluding carboxylic acids is 1. The van der Waals surface area contributed by atoms with Gasteiger partial charge in [0, 0.05) is 36.9 Å². The van der Waals surface area contributed by atoms with Gasteiger partial charge in [-0.25, -0.2) is 0 Å². The molecule has 3 rings (SSSR count). The Hall–Kier alpha value is -2.78. The fourth-order valence-corrected chi connectivity index (χ4v) is 3.26. The van der Waals surface area contributed by atoms with Crippen molar-refractivity contribution in [1.29, 1.82) is 0 Å². The maximum atomic E-state index is 12.4. The number of methoxy groups -OCH3 is 1. The van der Waals surface area contributed by atoms with Crippen LogP contribution in [0.25, 0.3) is 22.8 Å². The lowest BCUT2D eigenvalue weighted by Crippen LogP contribution is -2.38. The summed E-state index contributed by atoms with van der Waals surface area (Å²) in [5.41, 5.74) is 1.17. The van der Waals surface area contributed by atoms with Gasteiger partial charge < -0.3 is 19.1 Å². The largest absolute Gasteiger partial charge is 0.383 e. The number of hydrogen-bond acceptors (Lipinski definition) is 7. The van der Waals surface area contributed by atoms with Gasteiger partial charge in [0.15, 0.2) is 0 Å². The number of carbonyl (C=O) groups is 1. The molecule has 8 nitrogen and oxygen atoms in total. The van der Waals surface area contributed by atoms with Crippen molar-refractivity contribution in [3.8, 4) is 22.8 Å². The minimum Gasteiger partial charge on any atom is -0.383 e. The minimum absolute atomic E-state index is 0.238. The van der Waals surface area contributed by atoms with Gasteiger partial charge in [-0.2, -0.15) is 16.3 Å². The number of pyridine rings is 1. The highest BCUT2D eigenvalue weighted by molar-refractivity contribution is 7.08. The molecule has 0 aromatic carbocycles. The van der Waals surface area contributed by atoms with Crippen molar-refractivity contribution >= 4 is 17.2 Å². The van der Waals surface area contributed by atoms with Crippen LogP contribution in [0.4, 0.5) is 0 Å². The topological polar surface area (TPSA) is 99.2 Å². The first-order valence-electron chi connectivity index (χ1n) is 8.49. The maximum Gasteiger partial charge on any atom is 0.259 e. The van der Waals surface area contributed by atoms with E-state index in [0.717, 1.165) is 5.56 Å². The number of thiophene rings is 1. The zero-order valence-corrected chi connectivity index (χ0v) is 15.9. The summed E-state index contributed by atoms with van der Waals surface area (Å²) in [5.74, 6) is 0.534. The van der Waals surface area contributed by atoms with E-state index < -0.39 is 6.04 Å². The maximum absolute atomic E-state index is 12.4. The fraction of sp³-hybridized carbons (Fsp3) is 0.333. The molecule has 0 saturated heterocycles. The third-order valence-corrected chi connectivity index (χ3v) is 4.70. The molecule has 0 aliphatic heterocycles. The van der Waals surface area contributed by atoms with Crippen LogP contribution in [-0.4, -0.2) is 40.9 Å². The third kappa shape index (κ3) is 4.32. The standard InChI is InChI=1S/C18H20N4O4S/c1-3-14(17(24)19-7-8-25-2)22-10-12(4-5-15(22)23)18-20-16(21-26-18)13-6-9-27-11-13/h4-6,9-11,14H,3,7-8H2,1-2H3,(H,19,24). The predicted molar refractivity (Wildman–Crippen MR) is 102 cm³/mol. The highest BCUT2D eigenvalue weighted by atomic mass is 32.1. The van der Waals surface area contributed by atoms with E-state index in [1.807, 2.05) is 23.8 Å². The number of rotatable bonds is 8. The minimum atomic E-state index is -0.631. The van der Waals surface area contributed by atoms with Crippen molar-refractivity contribution < 1.29 is 14.1 Å². The summed E-state index contributed by atoms with van der Waals surface area (Å²) in [7, 11) is 1.56. The van der Waals surface area contributed by atoms with E-state index in [4.69, 9.17) is 9.26 Å². The van der Waals surface area contributed by atoms with Crippen LogP contribution in [0, 0.1) is 0 Å². The molecule has 0 bridgehead atoms. The van der Waals surface area contributed by atoms with E-state index in [1.54, 1.807) is 30.7 Å². The van der Waals surface area contributed by atoms with Crippen LogP contribution in [0.2, 0.25) is 0 Å². The summed E-state index contributed by atoms with van der Waals surface area (Å²) in [4.78, 5) is 29.1. The van der Waals surface area contributed by atoms with Crippen molar-refractivity contribution in [2.24, 2.45) is 0 Å². The molecule has 0 aliphatic rings. The molecule has 1 unspecified atom stereocenters. The second-order valence-electron chi connectivity index (χ2n) is 5.81. The zero-order chi connectivity index (χ0) is 19.2. The summed E-state index contributed by atoms with van der Waals surface area (Å²) in [6.45, 7) is 2.64. The van der Waals surface area contributed by atoms with E-state index in [0.29, 0.717) is 36.9 Å². The monoisotopic (exact) mass is 388 g/mol. The Bertz CT molecular complexity index is 948. The Balaban J connectivity index is 1.87. The van der Waals surface area contributed by atoms with Gasteiger partial charge in [-0.05, 0) is 23.9 Å². The number of aromatic nitrogens is 3. The number of nitrogens with zero attached hydrogens (tertiary/aromatic N) is 3. The number of amides is 1. The van der Waals surface area contributed by atoms with E-state index in [9.17, 15) is 9.59 Å². The molecule has 0 fully saturated rings. The molecular weight excluding hydrogens is 368 g/mol. The molecule has 1 atom stereocenters. The van der Waals surface area contributed by atoms with Crippen LogP contribution in [0.3, 0.4) is 0 Å². The Morgan fingerprint density at radius 2 is 2.22 bits per heavy atom. The SMILES string of the molecule is CCC(C(=O)NCCOC)n1cc(-c2nc(-c3ccsc3)no2)ccc1=O. The van der Waals surface area contributed by atoms with Gasteiger partial charge in [-0.3, -0.25) is 9.59 Å². The predicted octanol–water partition coefficient (Wildman–Crippen LogP) is 2.34. The van der Waals surface area contributed by atoms with Crippen LogP contribution in [0.15, 0.2) is 44.5 Å². The Labute approximate surface area is 159 Å². The average molecular weight is 388 g/mol. The van der Waals surface area contributed by atoms with Crippen LogP contribution in [-0.2, 0) is 9.53 Å². The first-order valence-corrected chi connectivity index (χ1v) is 9.43. The lowest BCUT2D eigenvalue weighted by Gasteiger charge is -2.18. The second kappa shape index (κ2) is 8.74. The molecule has 3 aromatic rings. The smallest absolute Gasteiger partial charge is 0.259 e. The number of ether oxygens (including phenoxy) is 1. The van der Waals surface area contributed by atoms with Crippen molar-refractivity contribution in [3.63, 3.8) is 0 Å². The van der Waals surface area contributed by atoms with Gasteiger partial charge in [0.2, 0.25) is 11.7 Å². The number of hydrogen-bond donors (Lipinski definition) is 1. The van der Waals surface area contributed by atoms with Crippen LogP contribution < -0.4 is 10.9 Å². The summed E-state index contributed by atoms with van der Waals surface area (Å²) in [6, 6.07) is 4.28. The van der Waals surface area contributed by atoms with Crippen LogP contribution >= 0.6 is 11.3 Å². The molecule has 27 heavy (non-hydrogen) atoms.